The van der Waals surface area contributed by atoms with Gasteiger partial charge in [-0.2, -0.15) is 0 Å². The van der Waals surface area contributed by atoms with Gasteiger partial charge in [0.2, 0.25) is 0 Å². The van der Waals surface area contributed by atoms with Gasteiger partial charge in [0.25, 0.3) is 0 Å². The molecule has 16 rings (SSSR count). The molecule has 1 N–H and O–H groups in total. The molecule has 0 aliphatic heterocycles. The van der Waals surface area contributed by atoms with E-state index in [2.05, 4.69) is 184 Å². The van der Waals surface area contributed by atoms with Crippen molar-refractivity contribution in [3.63, 3.8) is 0 Å². The first-order chi connectivity index (χ1) is 33.3. The number of pyridine rings is 1. The SMILES string of the molecule is CC(C)c1cccc(C(C)C)c1-n1c(-c2cccc(-c3cccc(-c4[c-]cc5c(c4)C4c6ccccc6C5c5ccccc54)n3)c2O)nc2cc3c(cc21)C1c2ccccc2C3c2ccccc21.[Pt]. The van der Waals surface area contributed by atoms with Gasteiger partial charge >= 0.3 is 0 Å². The fourth-order valence-electron chi connectivity index (χ4n) is 12.8. The fraction of sp³-hybridized carbons (Fsp3) is 0.156. The summed E-state index contributed by atoms with van der Waals surface area (Å²) in [5.41, 5.74) is 25.8. The van der Waals surface area contributed by atoms with Gasteiger partial charge in [-0.15, -0.1) is 34.9 Å². The molecule has 336 valence electrons. The van der Waals surface area contributed by atoms with Crippen LogP contribution in [-0.2, 0) is 21.1 Å². The Hall–Kier alpha value is -7.13. The van der Waals surface area contributed by atoms with Crippen LogP contribution in [0.3, 0.4) is 0 Å². The molecule has 2 heterocycles. The van der Waals surface area contributed by atoms with Gasteiger partial charge in [-0.1, -0.05) is 161 Å². The number of phenols is 1. The second-order valence-electron chi connectivity index (χ2n) is 20.0. The molecule has 6 aliphatic carbocycles. The molecule has 0 amide bonds. The number of phenolic OH excluding ortho intramolecular Hbond substituents is 1. The molecule has 0 saturated carbocycles. The Morgan fingerprint density at radius 1 is 0.449 bits per heavy atom. The predicted molar refractivity (Wildman–Crippen MR) is 273 cm³/mol. The standard InChI is InChI=1S/C64H48N3O.Pt/c1-35(2)38-24-13-25-39(36(3)4)62(38)67-57-34-53-52(60-44-20-9-11-22-46(44)61(53)47-23-12-10-21-45(47)60)33-56(57)66-64(67)50-27-14-26-49(63(50)68)55-29-15-28-54(65-55)37-30-31-48-51(32-37)59-42-18-7-5-16-40(42)58(48)41-17-6-8-19-43(41)59;/h5-29,31-36,58-61,68H,1-4H3;/q-1;. The first-order valence-electron chi connectivity index (χ1n) is 24.2. The summed E-state index contributed by atoms with van der Waals surface area (Å²) in [6.07, 6.45) is 0. The largest absolute Gasteiger partial charge is 0.506 e. The van der Waals surface area contributed by atoms with Gasteiger partial charge in [0, 0.05) is 50.3 Å². The van der Waals surface area contributed by atoms with Crippen molar-refractivity contribution in [2.75, 3.05) is 0 Å². The van der Waals surface area contributed by atoms with Crippen LogP contribution in [0, 0.1) is 6.07 Å². The van der Waals surface area contributed by atoms with Crippen LogP contribution in [0.2, 0.25) is 0 Å². The van der Waals surface area contributed by atoms with E-state index < -0.39 is 0 Å². The van der Waals surface area contributed by atoms with Crippen LogP contribution in [0.4, 0.5) is 0 Å². The minimum absolute atomic E-state index is 0. The molecule has 2 aromatic heterocycles. The van der Waals surface area contributed by atoms with Gasteiger partial charge in [-0.25, -0.2) is 4.98 Å². The summed E-state index contributed by atoms with van der Waals surface area (Å²) < 4.78 is 2.37. The number of para-hydroxylation sites is 2. The van der Waals surface area contributed by atoms with E-state index in [9.17, 15) is 5.11 Å². The maximum atomic E-state index is 12.8. The molecule has 6 aliphatic rings. The zero-order chi connectivity index (χ0) is 45.5. The van der Waals surface area contributed by atoms with E-state index in [0.717, 1.165) is 28.0 Å². The van der Waals surface area contributed by atoms with Crippen LogP contribution >= 0.6 is 0 Å². The monoisotopic (exact) mass is 1070 g/mol. The number of hydrogen-bond acceptors (Lipinski definition) is 3. The van der Waals surface area contributed by atoms with Gasteiger partial charge in [0.15, 0.2) is 0 Å². The van der Waals surface area contributed by atoms with Crippen LogP contribution < -0.4 is 0 Å². The third-order valence-electron chi connectivity index (χ3n) is 15.7. The van der Waals surface area contributed by atoms with Gasteiger partial charge in [-0.05, 0) is 115 Å². The number of benzene rings is 8. The van der Waals surface area contributed by atoms with E-state index >= 15 is 0 Å². The second-order valence-corrected chi connectivity index (χ2v) is 20.0. The molecular weight excluding hydrogens is 1020 g/mol. The summed E-state index contributed by atoms with van der Waals surface area (Å²) in [6, 6.07) is 67.7. The Balaban J connectivity index is 0.00000469. The second kappa shape index (κ2) is 15.7. The molecule has 0 unspecified atom stereocenters. The molecule has 0 spiro atoms. The molecule has 4 nitrogen and oxygen atoms in total. The number of hydrogen-bond donors (Lipinski definition) is 1. The smallest absolute Gasteiger partial charge is 0.149 e. The number of aromatic hydroxyl groups is 1. The first-order valence-corrected chi connectivity index (χ1v) is 24.2. The van der Waals surface area contributed by atoms with Crippen molar-refractivity contribution in [2.45, 2.75) is 63.2 Å². The summed E-state index contributed by atoms with van der Waals surface area (Å²) in [4.78, 5) is 10.9. The molecule has 0 atom stereocenters. The molecule has 10 aromatic rings. The average Bonchev–Trinajstić information content (AvgIpc) is 3.74. The van der Waals surface area contributed by atoms with E-state index in [4.69, 9.17) is 9.97 Å². The molecule has 8 aromatic carbocycles. The van der Waals surface area contributed by atoms with Crippen LogP contribution in [0.1, 0.15) is 141 Å². The van der Waals surface area contributed by atoms with Crippen molar-refractivity contribution in [1.29, 1.82) is 0 Å². The van der Waals surface area contributed by atoms with Crippen LogP contribution in [0.15, 0.2) is 176 Å². The Morgan fingerprint density at radius 2 is 0.884 bits per heavy atom. The van der Waals surface area contributed by atoms with E-state index in [-0.39, 0.29) is 62.3 Å². The topological polar surface area (TPSA) is 50.9 Å². The molecule has 4 bridgehead atoms. The summed E-state index contributed by atoms with van der Waals surface area (Å²) in [6.45, 7) is 9.09. The maximum absolute atomic E-state index is 12.8. The zero-order valence-corrected chi connectivity index (χ0v) is 41.1. The number of fused-ring (bicyclic) bond motifs is 1. The minimum atomic E-state index is 0. The Kier molecular flexibility index (Phi) is 9.56. The van der Waals surface area contributed by atoms with E-state index in [1.807, 2.05) is 30.3 Å². The van der Waals surface area contributed by atoms with E-state index in [1.54, 1.807) is 0 Å². The van der Waals surface area contributed by atoms with Crippen molar-refractivity contribution in [3.05, 3.63) is 260 Å². The van der Waals surface area contributed by atoms with Crippen molar-refractivity contribution in [2.24, 2.45) is 0 Å². The third kappa shape index (κ3) is 5.98. The number of imidazole rings is 1. The van der Waals surface area contributed by atoms with Crippen LogP contribution in [-0.4, -0.2) is 19.6 Å². The summed E-state index contributed by atoms with van der Waals surface area (Å²) in [5, 5.41) is 12.8. The molecule has 0 saturated heterocycles. The fourth-order valence-corrected chi connectivity index (χ4v) is 12.8. The van der Waals surface area contributed by atoms with Gasteiger partial charge < -0.3 is 5.11 Å². The van der Waals surface area contributed by atoms with Gasteiger partial charge in [0.05, 0.1) is 28.0 Å². The number of rotatable bonds is 6. The molecular formula is C64H48N3OPt-. The molecule has 0 fully saturated rings. The summed E-state index contributed by atoms with van der Waals surface area (Å²) in [5.74, 6) is 1.95. The predicted octanol–water partition coefficient (Wildman–Crippen LogP) is 15.1. The van der Waals surface area contributed by atoms with Crippen molar-refractivity contribution < 1.29 is 26.2 Å². The van der Waals surface area contributed by atoms with E-state index in [0.29, 0.717) is 22.6 Å². The van der Waals surface area contributed by atoms with Crippen LogP contribution in [0.5, 0.6) is 5.75 Å². The average molecular weight is 1070 g/mol. The Bertz CT molecular complexity index is 3650. The molecule has 69 heavy (non-hydrogen) atoms. The van der Waals surface area contributed by atoms with Gasteiger partial charge in [0.1, 0.15) is 11.6 Å². The normalized spacial score (nSPS) is 17.5. The zero-order valence-electron chi connectivity index (χ0n) is 38.8. The van der Waals surface area contributed by atoms with E-state index in [1.165, 1.54) is 77.9 Å². The van der Waals surface area contributed by atoms with Crippen LogP contribution in [0.25, 0.3) is 50.6 Å². The van der Waals surface area contributed by atoms with Crippen molar-refractivity contribution >= 4 is 11.0 Å². The number of aromatic nitrogens is 3. The first kappa shape index (κ1) is 42.0. The molecule has 0 radical (unpaired) electrons. The van der Waals surface area contributed by atoms with Gasteiger partial charge in [-0.3, -0.25) is 9.55 Å². The quantitative estimate of drug-likeness (QED) is 0.169. The third-order valence-corrected chi connectivity index (χ3v) is 15.7. The summed E-state index contributed by atoms with van der Waals surface area (Å²) in [7, 11) is 0. The Labute approximate surface area is 417 Å². The molecule has 5 heteroatoms. The maximum Gasteiger partial charge on any atom is 0.149 e. The summed E-state index contributed by atoms with van der Waals surface area (Å²) >= 11 is 0. The Morgan fingerprint density at radius 3 is 1.41 bits per heavy atom. The number of nitrogens with zero attached hydrogens (tertiary/aromatic N) is 3. The van der Waals surface area contributed by atoms with Crippen molar-refractivity contribution in [1.82, 2.24) is 14.5 Å². The minimum Gasteiger partial charge on any atom is -0.506 e. The van der Waals surface area contributed by atoms with Crippen molar-refractivity contribution in [3.8, 4) is 45.3 Å².